The largest absolute Gasteiger partial charge is 0.483 e. The van der Waals surface area contributed by atoms with Crippen LogP contribution in [0.2, 0.25) is 0 Å². The van der Waals surface area contributed by atoms with Crippen molar-refractivity contribution in [3.05, 3.63) is 78.8 Å². The molecule has 1 amide bonds. The predicted molar refractivity (Wildman–Crippen MR) is 119 cm³/mol. The number of nitrogens with one attached hydrogen (secondary N) is 1. The fourth-order valence-corrected chi connectivity index (χ4v) is 4.01. The molecule has 5 rings (SSSR count). The maximum atomic E-state index is 12.6. The van der Waals surface area contributed by atoms with E-state index in [1.165, 1.54) is 12.8 Å². The molecule has 1 aliphatic rings. The molecule has 1 aromatic heterocycles. The number of nitrogens with zero attached hydrogens (tertiary/aromatic N) is 2. The van der Waals surface area contributed by atoms with E-state index in [0.717, 1.165) is 46.5 Å². The predicted octanol–water partition coefficient (Wildman–Crippen LogP) is 5.06. The van der Waals surface area contributed by atoms with Gasteiger partial charge in [0.15, 0.2) is 6.61 Å². The zero-order chi connectivity index (χ0) is 20.3. The first-order valence-corrected chi connectivity index (χ1v) is 10.3. The summed E-state index contributed by atoms with van der Waals surface area (Å²) in [4.78, 5) is 17.4. The van der Waals surface area contributed by atoms with E-state index < -0.39 is 0 Å². The first-order valence-electron chi connectivity index (χ1n) is 10.3. The van der Waals surface area contributed by atoms with Gasteiger partial charge < -0.3 is 14.6 Å². The lowest BCUT2D eigenvalue weighted by atomic mass is 10.1. The molecule has 0 fully saturated rings. The van der Waals surface area contributed by atoms with Gasteiger partial charge in [0.2, 0.25) is 0 Å². The van der Waals surface area contributed by atoms with Gasteiger partial charge in [0.25, 0.3) is 5.91 Å². The number of hydrogen-bond acceptors (Lipinski definition) is 3. The van der Waals surface area contributed by atoms with Crippen LogP contribution in [0.15, 0.2) is 72.9 Å². The Hall–Kier alpha value is -3.60. The molecule has 1 N–H and O–H groups in total. The summed E-state index contributed by atoms with van der Waals surface area (Å²) < 4.78 is 8.06. The molecule has 0 spiro atoms. The van der Waals surface area contributed by atoms with E-state index in [2.05, 4.69) is 16.1 Å². The topological polar surface area (TPSA) is 56.1 Å². The number of hydrogen-bond donors (Lipinski definition) is 1. The van der Waals surface area contributed by atoms with Crippen molar-refractivity contribution in [1.29, 1.82) is 0 Å². The van der Waals surface area contributed by atoms with Gasteiger partial charge in [-0.3, -0.25) is 4.79 Å². The van der Waals surface area contributed by atoms with Gasteiger partial charge in [-0.2, -0.15) is 0 Å². The van der Waals surface area contributed by atoms with Crippen molar-refractivity contribution >= 4 is 22.4 Å². The standard InChI is InChI=1S/C25H23N3O2/c29-25(17-30-23-13-7-9-18-8-1-2-10-19(18)23)27-21-12-4-3-11-20(21)22-16-28-15-6-5-14-24(28)26-22/h1-4,7-13,16H,5-6,14-15,17H2,(H,27,29). The molecule has 0 radical (unpaired) electrons. The van der Waals surface area contributed by atoms with E-state index in [1.807, 2.05) is 66.7 Å². The first kappa shape index (κ1) is 18.4. The van der Waals surface area contributed by atoms with Gasteiger partial charge in [-0.15, -0.1) is 0 Å². The maximum absolute atomic E-state index is 12.6. The Bertz CT molecular complexity index is 1180. The van der Waals surface area contributed by atoms with Crippen molar-refractivity contribution < 1.29 is 9.53 Å². The van der Waals surface area contributed by atoms with Crippen LogP contribution in [0, 0.1) is 0 Å². The summed E-state index contributed by atoms with van der Waals surface area (Å²) in [6, 6.07) is 21.6. The molecule has 0 saturated carbocycles. The Kier molecular flexibility index (Phi) is 4.93. The van der Waals surface area contributed by atoms with Crippen molar-refractivity contribution in [2.45, 2.75) is 25.8 Å². The molecule has 0 aliphatic carbocycles. The number of aromatic nitrogens is 2. The van der Waals surface area contributed by atoms with Crippen molar-refractivity contribution in [1.82, 2.24) is 9.55 Å². The lowest BCUT2D eigenvalue weighted by Crippen LogP contribution is -2.20. The second-order valence-corrected chi connectivity index (χ2v) is 7.55. The lowest BCUT2D eigenvalue weighted by molar-refractivity contribution is -0.118. The Morgan fingerprint density at radius 3 is 2.77 bits per heavy atom. The van der Waals surface area contributed by atoms with E-state index in [-0.39, 0.29) is 12.5 Å². The van der Waals surface area contributed by atoms with Crippen LogP contribution in [0.5, 0.6) is 5.75 Å². The number of fused-ring (bicyclic) bond motifs is 2. The maximum Gasteiger partial charge on any atom is 0.262 e. The highest BCUT2D eigenvalue weighted by atomic mass is 16.5. The molecule has 0 atom stereocenters. The van der Waals surface area contributed by atoms with Crippen LogP contribution in [0.4, 0.5) is 5.69 Å². The number of para-hydroxylation sites is 1. The van der Waals surface area contributed by atoms with E-state index in [1.54, 1.807) is 0 Å². The molecular weight excluding hydrogens is 374 g/mol. The minimum absolute atomic E-state index is 0.0535. The summed E-state index contributed by atoms with van der Waals surface area (Å²) in [5.41, 5.74) is 2.58. The zero-order valence-corrected chi connectivity index (χ0v) is 16.7. The monoisotopic (exact) mass is 397 g/mol. The Morgan fingerprint density at radius 2 is 1.83 bits per heavy atom. The van der Waals surface area contributed by atoms with Gasteiger partial charge in [-0.25, -0.2) is 4.98 Å². The van der Waals surface area contributed by atoms with E-state index in [4.69, 9.17) is 9.72 Å². The molecule has 0 unspecified atom stereocenters. The van der Waals surface area contributed by atoms with Crippen LogP contribution in [-0.4, -0.2) is 22.1 Å². The molecular formula is C25H23N3O2. The highest BCUT2D eigenvalue weighted by Crippen LogP contribution is 2.29. The average molecular weight is 397 g/mol. The molecule has 30 heavy (non-hydrogen) atoms. The number of anilines is 1. The van der Waals surface area contributed by atoms with Gasteiger partial charge in [0.1, 0.15) is 11.6 Å². The number of carbonyl (C=O) groups excluding carboxylic acids is 1. The van der Waals surface area contributed by atoms with Gasteiger partial charge >= 0.3 is 0 Å². The van der Waals surface area contributed by atoms with E-state index >= 15 is 0 Å². The summed E-state index contributed by atoms with van der Waals surface area (Å²) in [5, 5.41) is 5.08. The number of aryl methyl sites for hydroxylation is 2. The Labute approximate surface area is 175 Å². The first-order chi connectivity index (χ1) is 14.8. The molecule has 0 saturated heterocycles. The van der Waals surface area contributed by atoms with Crippen molar-refractivity contribution in [2.24, 2.45) is 0 Å². The second kappa shape index (κ2) is 8.03. The van der Waals surface area contributed by atoms with Gasteiger partial charge in [-0.05, 0) is 30.4 Å². The summed E-state index contributed by atoms with van der Waals surface area (Å²) in [7, 11) is 0. The molecule has 4 aromatic rings. The highest BCUT2D eigenvalue weighted by molar-refractivity contribution is 5.96. The Morgan fingerprint density at radius 1 is 1.00 bits per heavy atom. The number of ether oxygens (including phenoxy) is 1. The summed E-state index contributed by atoms with van der Waals surface area (Å²) in [6.07, 6.45) is 5.46. The molecule has 150 valence electrons. The van der Waals surface area contributed by atoms with Crippen molar-refractivity contribution in [3.63, 3.8) is 0 Å². The number of benzene rings is 3. The van der Waals surface area contributed by atoms with Crippen LogP contribution in [0.25, 0.3) is 22.0 Å². The summed E-state index contributed by atoms with van der Waals surface area (Å²) in [5.74, 6) is 1.63. The second-order valence-electron chi connectivity index (χ2n) is 7.55. The third kappa shape index (κ3) is 3.66. The fraction of sp³-hybridized carbons (Fsp3) is 0.200. The van der Waals surface area contributed by atoms with Gasteiger partial charge in [0.05, 0.1) is 11.4 Å². The smallest absolute Gasteiger partial charge is 0.262 e. The third-order valence-corrected chi connectivity index (χ3v) is 5.49. The number of carbonyl (C=O) groups is 1. The highest BCUT2D eigenvalue weighted by Gasteiger charge is 2.16. The SMILES string of the molecule is O=C(COc1cccc2ccccc12)Nc1ccccc1-c1cn2c(n1)CCCC2. The fourth-order valence-electron chi connectivity index (χ4n) is 4.01. The zero-order valence-electron chi connectivity index (χ0n) is 16.7. The van der Waals surface area contributed by atoms with E-state index in [0.29, 0.717) is 5.75 Å². The van der Waals surface area contributed by atoms with E-state index in [9.17, 15) is 4.79 Å². The van der Waals surface area contributed by atoms with Crippen LogP contribution in [0.3, 0.4) is 0 Å². The van der Waals surface area contributed by atoms with Crippen LogP contribution in [0.1, 0.15) is 18.7 Å². The van der Waals surface area contributed by atoms with Crippen LogP contribution >= 0.6 is 0 Å². The minimum atomic E-state index is -0.195. The molecule has 3 aromatic carbocycles. The molecule has 2 heterocycles. The van der Waals surface area contributed by atoms with Crippen molar-refractivity contribution in [3.8, 4) is 17.0 Å². The van der Waals surface area contributed by atoms with Crippen molar-refractivity contribution in [2.75, 3.05) is 11.9 Å². The third-order valence-electron chi connectivity index (χ3n) is 5.49. The molecule has 5 heteroatoms. The quantitative estimate of drug-likeness (QED) is 0.512. The Balaban J connectivity index is 1.32. The number of imidazole rings is 1. The van der Waals surface area contributed by atoms with Crippen LogP contribution in [-0.2, 0) is 17.8 Å². The number of rotatable bonds is 5. The summed E-state index contributed by atoms with van der Waals surface area (Å²) in [6.45, 7) is 0.956. The molecule has 1 aliphatic heterocycles. The van der Waals surface area contributed by atoms with Crippen LogP contribution < -0.4 is 10.1 Å². The minimum Gasteiger partial charge on any atom is -0.483 e. The molecule has 0 bridgehead atoms. The molecule has 5 nitrogen and oxygen atoms in total. The lowest BCUT2D eigenvalue weighted by Gasteiger charge is -2.12. The average Bonchev–Trinajstić information content (AvgIpc) is 3.22. The normalized spacial score (nSPS) is 13.1. The van der Waals surface area contributed by atoms with Gasteiger partial charge in [-0.1, -0.05) is 54.6 Å². The summed E-state index contributed by atoms with van der Waals surface area (Å²) >= 11 is 0. The van der Waals surface area contributed by atoms with Gasteiger partial charge in [0, 0.05) is 30.1 Å². The number of amides is 1.